The minimum Gasteiger partial charge on any atom is -0.550 e. The molecule has 13 heteroatoms. The molecule has 1 aromatic heterocycles. The first kappa shape index (κ1) is 34.6. The van der Waals surface area contributed by atoms with Crippen molar-refractivity contribution >= 4 is 40.1 Å². The summed E-state index contributed by atoms with van der Waals surface area (Å²) >= 11 is 0. The zero-order chi connectivity index (χ0) is 32.0. The van der Waals surface area contributed by atoms with Gasteiger partial charge in [-0.25, -0.2) is 8.78 Å². The topological polar surface area (TPSA) is 139 Å². The quantitative estimate of drug-likeness (QED) is 0.122. The second-order valence-electron chi connectivity index (χ2n) is 10.5. The number of carboxylic acid groups (broad SMARTS) is 1. The van der Waals surface area contributed by atoms with Gasteiger partial charge < -0.3 is 34.7 Å². The summed E-state index contributed by atoms with van der Waals surface area (Å²) in [6.45, 7) is 2.43. The molecule has 0 aliphatic heterocycles. The van der Waals surface area contributed by atoms with Crippen molar-refractivity contribution in [2.45, 2.75) is 39.0 Å². The molecule has 234 valence electrons. The van der Waals surface area contributed by atoms with Gasteiger partial charge in [0.25, 0.3) is 0 Å². The van der Waals surface area contributed by atoms with Crippen molar-refractivity contribution < 1.29 is 72.0 Å². The first-order valence-electron chi connectivity index (χ1n) is 14.4. The number of amides is 2. The number of aromatic nitrogens is 1. The Morgan fingerprint density at radius 2 is 1.52 bits per heavy atom. The van der Waals surface area contributed by atoms with Crippen LogP contribution in [0.4, 0.5) is 20.2 Å². The van der Waals surface area contributed by atoms with Crippen LogP contribution in [0.2, 0.25) is 0 Å². The molecule has 1 saturated carbocycles. The minimum absolute atomic E-state index is 0. The molecule has 3 aromatic carbocycles. The van der Waals surface area contributed by atoms with Crippen LogP contribution in [0.25, 0.3) is 10.9 Å². The summed E-state index contributed by atoms with van der Waals surface area (Å²) in [6.07, 6.45) is 3.02. The normalized spacial score (nSPS) is 12.8. The monoisotopic (exact) mass is 641 g/mol. The van der Waals surface area contributed by atoms with Gasteiger partial charge in [0, 0.05) is 41.1 Å². The second kappa shape index (κ2) is 15.4. The Balaban J connectivity index is 0.00000480. The third-order valence-corrected chi connectivity index (χ3v) is 7.23. The second-order valence-corrected chi connectivity index (χ2v) is 10.5. The van der Waals surface area contributed by atoms with Crippen molar-refractivity contribution in [3.8, 4) is 23.0 Å². The van der Waals surface area contributed by atoms with Crippen LogP contribution < -0.4 is 59.5 Å². The van der Waals surface area contributed by atoms with E-state index in [1.807, 2.05) is 6.92 Å². The van der Waals surface area contributed by atoms with Crippen molar-refractivity contribution in [1.82, 2.24) is 4.98 Å². The molecule has 0 atom stereocenters. The number of unbranched alkanes of at least 4 members (excludes halogenated alkanes) is 1. The number of pyridine rings is 1. The number of hydrogen-bond acceptors (Lipinski definition) is 8. The Kier molecular flexibility index (Phi) is 11.5. The number of rotatable bonds is 14. The summed E-state index contributed by atoms with van der Waals surface area (Å²) < 4.78 is 45.9. The molecule has 2 amide bonds. The predicted molar refractivity (Wildman–Crippen MR) is 159 cm³/mol. The summed E-state index contributed by atoms with van der Waals surface area (Å²) in [5.74, 6) is -2.38. The van der Waals surface area contributed by atoms with Crippen molar-refractivity contribution in [2.24, 2.45) is 5.41 Å². The average molecular weight is 642 g/mol. The number of nitrogens with zero attached hydrogens (tertiary/aromatic N) is 1. The van der Waals surface area contributed by atoms with Gasteiger partial charge in [0.1, 0.15) is 17.0 Å². The van der Waals surface area contributed by atoms with E-state index in [9.17, 15) is 23.9 Å². The van der Waals surface area contributed by atoms with E-state index < -0.39 is 34.8 Å². The van der Waals surface area contributed by atoms with Crippen molar-refractivity contribution in [3.63, 3.8) is 0 Å². The summed E-state index contributed by atoms with van der Waals surface area (Å²) in [4.78, 5) is 40.8. The van der Waals surface area contributed by atoms with Crippen LogP contribution in [0.5, 0.6) is 23.0 Å². The molecule has 46 heavy (non-hydrogen) atoms. The van der Waals surface area contributed by atoms with Gasteiger partial charge in [-0.3, -0.25) is 14.6 Å². The maximum Gasteiger partial charge on any atom is 1.00 e. The standard InChI is InChI=1S/C33H31F2N3O7.Na/c1-2-43-28-18-23-25(19-29(28)44-16-4-3-5-30(39)40)36-15-12-26(23)45-27-11-10-22(17-24(27)35)38-32(42)33(13-14-33)31(41)37-21-8-6-20(34)7-9-21;/h6-12,15,17-19H,2-5,13-14,16H2,1H3,(H,37,41)(H,38,42)(H,39,40);/q;+1/p-1. The number of halogens is 2. The molecular formula is C33H30F2N3NaO7. The van der Waals surface area contributed by atoms with E-state index in [2.05, 4.69) is 15.6 Å². The summed E-state index contributed by atoms with van der Waals surface area (Å²) in [7, 11) is 0. The van der Waals surface area contributed by atoms with E-state index in [1.54, 1.807) is 18.2 Å². The van der Waals surface area contributed by atoms with E-state index in [4.69, 9.17) is 14.2 Å². The van der Waals surface area contributed by atoms with E-state index in [-0.39, 0.29) is 54.0 Å². The maximum atomic E-state index is 15.2. The fourth-order valence-electron chi connectivity index (χ4n) is 4.65. The number of carbonyl (C=O) groups excluding carboxylic acids is 3. The van der Waals surface area contributed by atoms with Gasteiger partial charge in [0.05, 0.1) is 18.7 Å². The van der Waals surface area contributed by atoms with E-state index in [0.29, 0.717) is 66.1 Å². The molecule has 5 rings (SSSR count). The predicted octanol–water partition coefficient (Wildman–Crippen LogP) is 2.36. The summed E-state index contributed by atoms with van der Waals surface area (Å²) in [5, 5.41) is 16.4. The van der Waals surface area contributed by atoms with Gasteiger partial charge in [0.15, 0.2) is 23.1 Å². The Morgan fingerprint density at radius 3 is 2.17 bits per heavy atom. The molecule has 1 aliphatic rings. The van der Waals surface area contributed by atoms with Crippen LogP contribution in [-0.4, -0.2) is 36.0 Å². The van der Waals surface area contributed by atoms with Crippen molar-refractivity contribution in [1.29, 1.82) is 0 Å². The van der Waals surface area contributed by atoms with Crippen LogP contribution in [0.1, 0.15) is 39.0 Å². The van der Waals surface area contributed by atoms with E-state index in [0.717, 1.165) is 6.07 Å². The van der Waals surface area contributed by atoms with Gasteiger partial charge in [-0.05, 0) is 87.6 Å². The van der Waals surface area contributed by atoms with Gasteiger partial charge in [-0.1, -0.05) is 0 Å². The number of ether oxygens (including phenoxy) is 3. The average Bonchev–Trinajstić information content (AvgIpc) is 3.82. The Bertz CT molecular complexity index is 1730. The molecule has 2 N–H and O–H groups in total. The SMILES string of the molecule is CCOc1cc2c(Oc3ccc(NC(=O)C4(C(=O)Nc5ccc(F)cc5)CC4)cc3F)ccnc2cc1OCCCCC(=O)[O-].[Na+]. The van der Waals surface area contributed by atoms with Crippen molar-refractivity contribution in [3.05, 3.63) is 78.5 Å². The number of anilines is 2. The van der Waals surface area contributed by atoms with Gasteiger partial charge in [-0.2, -0.15) is 0 Å². The molecule has 1 heterocycles. The van der Waals surface area contributed by atoms with Crippen LogP contribution in [0.3, 0.4) is 0 Å². The smallest absolute Gasteiger partial charge is 0.550 e. The molecule has 1 aliphatic carbocycles. The zero-order valence-electron chi connectivity index (χ0n) is 25.4. The molecule has 0 radical (unpaired) electrons. The number of benzene rings is 3. The van der Waals surface area contributed by atoms with Crippen LogP contribution >= 0.6 is 0 Å². The molecule has 0 unspecified atom stereocenters. The number of carbonyl (C=O) groups is 3. The summed E-state index contributed by atoms with van der Waals surface area (Å²) in [5.41, 5.74) is -0.295. The molecular weight excluding hydrogens is 611 g/mol. The molecule has 4 aromatic rings. The first-order chi connectivity index (χ1) is 21.7. The molecule has 10 nitrogen and oxygen atoms in total. The molecule has 1 fully saturated rings. The van der Waals surface area contributed by atoms with Crippen LogP contribution in [0.15, 0.2) is 66.9 Å². The van der Waals surface area contributed by atoms with Gasteiger partial charge in [-0.15, -0.1) is 0 Å². The largest absolute Gasteiger partial charge is 1.00 e. The first-order valence-corrected chi connectivity index (χ1v) is 14.4. The summed E-state index contributed by atoms with van der Waals surface area (Å²) in [6, 6.07) is 14.1. The van der Waals surface area contributed by atoms with Crippen LogP contribution in [0, 0.1) is 17.0 Å². The Morgan fingerprint density at radius 1 is 0.848 bits per heavy atom. The molecule has 0 saturated heterocycles. The number of hydrogen-bond donors (Lipinski definition) is 2. The fraction of sp³-hybridized carbons (Fsp3) is 0.273. The zero-order valence-corrected chi connectivity index (χ0v) is 27.4. The van der Waals surface area contributed by atoms with E-state index >= 15 is 4.39 Å². The van der Waals surface area contributed by atoms with E-state index in [1.165, 1.54) is 42.6 Å². The third kappa shape index (κ3) is 8.31. The fourth-order valence-corrected chi connectivity index (χ4v) is 4.65. The number of aliphatic carboxylic acids is 1. The Labute approximate surface area is 285 Å². The minimum atomic E-state index is -1.30. The maximum absolute atomic E-state index is 15.2. The number of nitrogens with one attached hydrogen (secondary N) is 2. The van der Waals surface area contributed by atoms with Gasteiger partial charge >= 0.3 is 29.6 Å². The van der Waals surface area contributed by atoms with Crippen molar-refractivity contribution in [2.75, 3.05) is 23.8 Å². The third-order valence-electron chi connectivity index (χ3n) is 7.23. The van der Waals surface area contributed by atoms with Crippen LogP contribution in [-0.2, 0) is 14.4 Å². The Hall–Kier alpha value is -4.26. The van der Waals surface area contributed by atoms with Gasteiger partial charge in [0.2, 0.25) is 11.8 Å². The molecule has 0 bridgehead atoms. The number of carboxylic acids is 1. The number of fused-ring (bicyclic) bond motifs is 1. The molecule has 0 spiro atoms.